The Hall–Kier alpha value is -0.840. The van der Waals surface area contributed by atoms with Gasteiger partial charge in [-0.15, -0.1) is 11.8 Å². The second kappa shape index (κ2) is 8.74. The normalized spacial score (nSPS) is 17.4. The van der Waals surface area contributed by atoms with E-state index in [9.17, 15) is 4.79 Å². The van der Waals surface area contributed by atoms with Crippen LogP contribution >= 0.6 is 11.8 Å². The minimum absolute atomic E-state index is 0.0185. The topological polar surface area (TPSA) is 53.8 Å². The molecule has 0 aromatic rings. The molecule has 2 aliphatic rings. The van der Waals surface area contributed by atoms with Gasteiger partial charge in [-0.05, 0) is 6.92 Å². The van der Waals surface area contributed by atoms with Gasteiger partial charge in [0.2, 0.25) is 5.91 Å². The van der Waals surface area contributed by atoms with Crippen molar-refractivity contribution in [2.24, 2.45) is 9.98 Å². The predicted molar refractivity (Wildman–Crippen MR) is 63.3 cm³/mol. The number of aliphatic imine (C=N–C) groups is 2. The number of thioether (sulfide) groups is 1. The average molecular weight is 215 g/mol. The molecule has 0 saturated carbocycles. The summed E-state index contributed by atoms with van der Waals surface area (Å²) in [6, 6.07) is 0. The number of hydrogen-bond donors (Lipinski definition) is 1. The van der Waals surface area contributed by atoms with Gasteiger partial charge in [0.1, 0.15) is 6.54 Å². The van der Waals surface area contributed by atoms with E-state index >= 15 is 0 Å². The van der Waals surface area contributed by atoms with Crippen LogP contribution in [0.5, 0.6) is 0 Å². The summed E-state index contributed by atoms with van der Waals surface area (Å²) in [4.78, 5) is 17.7. The second-order valence-electron chi connectivity index (χ2n) is 2.29. The van der Waals surface area contributed by atoms with Crippen LogP contribution in [0.25, 0.3) is 0 Å². The maximum absolute atomic E-state index is 10.0. The molecule has 0 saturated heterocycles. The standard InChI is InChI=1S/C4H7NS.C3H4N2O.C2H6/c1-4-5-2-3-6-4;6-3-1-4-2-5-3;1-2/h2-3H2,1H3;2H,1H2,(H,4,5,6);1-2H3. The molecule has 0 bridgehead atoms. The van der Waals surface area contributed by atoms with Gasteiger partial charge < -0.3 is 5.32 Å². The third-order valence-electron chi connectivity index (χ3n) is 1.29. The lowest BCUT2D eigenvalue weighted by Gasteiger charge is -1.76. The minimum atomic E-state index is -0.0185. The van der Waals surface area contributed by atoms with Crippen molar-refractivity contribution >= 4 is 29.1 Å². The molecule has 14 heavy (non-hydrogen) atoms. The van der Waals surface area contributed by atoms with E-state index in [1.165, 1.54) is 17.1 Å². The van der Waals surface area contributed by atoms with Crippen molar-refractivity contribution in [3.8, 4) is 0 Å². The summed E-state index contributed by atoms with van der Waals surface area (Å²) >= 11 is 1.85. The largest absolute Gasteiger partial charge is 0.316 e. The molecule has 80 valence electrons. The molecule has 2 rings (SSSR count). The molecular formula is C9H17N3OS. The molecule has 0 atom stereocenters. The summed E-state index contributed by atoms with van der Waals surface area (Å²) in [6.07, 6.45) is 1.41. The summed E-state index contributed by atoms with van der Waals surface area (Å²) in [7, 11) is 0. The van der Waals surface area contributed by atoms with E-state index in [1.54, 1.807) is 0 Å². The van der Waals surface area contributed by atoms with E-state index in [0.717, 1.165) is 6.54 Å². The van der Waals surface area contributed by atoms with Gasteiger partial charge in [0.25, 0.3) is 0 Å². The molecule has 0 aromatic carbocycles. The van der Waals surface area contributed by atoms with Crippen molar-refractivity contribution in [3.63, 3.8) is 0 Å². The molecule has 0 unspecified atom stereocenters. The number of amides is 1. The van der Waals surface area contributed by atoms with Crippen molar-refractivity contribution in [2.45, 2.75) is 20.8 Å². The van der Waals surface area contributed by atoms with Crippen LogP contribution in [0.2, 0.25) is 0 Å². The molecule has 0 spiro atoms. The Morgan fingerprint density at radius 2 is 2.21 bits per heavy atom. The number of nitrogens with zero attached hydrogens (tertiary/aromatic N) is 2. The smallest absolute Gasteiger partial charge is 0.246 e. The fourth-order valence-corrected chi connectivity index (χ4v) is 1.39. The molecule has 0 aliphatic carbocycles. The van der Waals surface area contributed by atoms with Gasteiger partial charge in [-0.25, -0.2) is 0 Å². The van der Waals surface area contributed by atoms with Crippen LogP contribution in [0.3, 0.4) is 0 Å². The number of carbonyl (C=O) groups is 1. The molecule has 1 amide bonds. The van der Waals surface area contributed by atoms with Crippen molar-refractivity contribution in [3.05, 3.63) is 0 Å². The van der Waals surface area contributed by atoms with Gasteiger partial charge in [-0.2, -0.15) is 0 Å². The maximum atomic E-state index is 10.0. The Labute approximate surface area is 89.3 Å². The Balaban J connectivity index is 0.000000206. The average Bonchev–Trinajstić information content (AvgIpc) is 2.83. The van der Waals surface area contributed by atoms with Crippen molar-refractivity contribution < 1.29 is 4.79 Å². The highest BCUT2D eigenvalue weighted by molar-refractivity contribution is 8.14. The van der Waals surface area contributed by atoms with Crippen molar-refractivity contribution in [1.82, 2.24) is 5.32 Å². The van der Waals surface area contributed by atoms with Gasteiger partial charge in [0.15, 0.2) is 0 Å². The van der Waals surface area contributed by atoms with E-state index in [0.29, 0.717) is 6.54 Å². The highest BCUT2D eigenvalue weighted by Crippen LogP contribution is 2.09. The second-order valence-corrected chi connectivity index (χ2v) is 3.57. The zero-order chi connectivity index (χ0) is 10.8. The molecule has 4 nitrogen and oxygen atoms in total. The van der Waals surface area contributed by atoms with Crippen LogP contribution in [-0.2, 0) is 4.79 Å². The fourth-order valence-electron chi connectivity index (χ4n) is 0.734. The summed E-state index contributed by atoms with van der Waals surface area (Å²) in [5, 5.41) is 3.63. The fraction of sp³-hybridized carbons (Fsp3) is 0.667. The van der Waals surface area contributed by atoms with Crippen LogP contribution in [0.4, 0.5) is 0 Å². The number of nitrogens with one attached hydrogen (secondary N) is 1. The molecule has 0 fully saturated rings. The van der Waals surface area contributed by atoms with E-state index in [1.807, 2.05) is 25.6 Å². The monoisotopic (exact) mass is 215 g/mol. The molecule has 2 aliphatic heterocycles. The van der Waals surface area contributed by atoms with Crippen LogP contribution in [0.15, 0.2) is 9.98 Å². The third kappa shape index (κ3) is 6.65. The Morgan fingerprint density at radius 1 is 1.50 bits per heavy atom. The SMILES string of the molecule is CC.CC1=NCCS1.O=C1CN=CN1. The van der Waals surface area contributed by atoms with Crippen molar-refractivity contribution in [2.75, 3.05) is 18.8 Å². The highest BCUT2D eigenvalue weighted by Gasteiger charge is 1.99. The molecular weight excluding hydrogens is 198 g/mol. The number of rotatable bonds is 0. The number of hydrogen-bond acceptors (Lipinski definition) is 4. The first-order valence-electron chi connectivity index (χ1n) is 4.70. The quantitative estimate of drug-likeness (QED) is 0.662. The lowest BCUT2D eigenvalue weighted by Crippen LogP contribution is -2.15. The molecule has 0 radical (unpaired) electrons. The van der Waals surface area contributed by atoms with Gasteiger partial charge in [0.05, 0.1) is 11.4 Å². The number of carbonyl (C=O) groups excluding carboxylic acids is 1. The van der Waals surface area contributed by atoms with Gasteiger partial charge in [0, 0.05) is 12.3 Å². The lowest BCUT2D eigenvalue weighted by atomic mass is 10.7. The zero-order valence-electron chi connectivity index (χ0n) is 8.91. The van der Waals surface area contributed by atoms with Crippen LogP contribution in [0, 0.1) is 0 Å². The first-order valence-corrected chi connectivity index (χ1v) is 5.69. The van der Waals surface area contributed by atoms with Gasteiger partial charge in [-0.1, -0.05) is 13.8 Å². The predicted octanol–water partition coefficient (Wildman–Crippen LogP) is 1.32. The molecule has 0 aromatic heterocycles. The summed E-state index contributed by atoms with van der Waals surface area (Å²) in [6.45, 7) is 7.40. The van der Waals surface area contributed by atoms with Crippen LogP contribution < -0.4 is 5.32 Å². The Kier molecular flexibility index (Phi) is 8.22. The molecule has 2 heterocycles. The third-order valence-corrected chi connectivity index (χ3v) is 2.22. The summed E-state index contributed by atoms with van der Waals surface area (Å²) < 4.78 is 0. The Morgan fingerprint density at radius 3 is 2.36 bits per heavy atom. The minimum Gasteiger partial charge on any atom is -0.316 e. The van der Waals surface area contributed by atoms with E-state index in [-0.39, 0.29) is 5.91 Å². The van der Waals surface area contributed by atoms with Crippen LogP contribution in [0.1, 0.15) is 20.8 Å². The summed E-state index contributed by atoms with van der Waals surface area (Å²) in [5.74, 6) is 1.18. The van der Waals surface area contributed by atoms with E-state index in [2.05, 4.69) is 22.2 Å². The van der Waals surface area contributed by atoms with Crippen LogP contribution in [-0.4, -0.2) is 36.1 Å². The highest BCUT2D eigenvalue weighted by atomic mass is 32.2. The summed E-state index contributed by atoms with van der Waals surface area (Å²) in [5.41, 5.74) is 0. The molecule has 1 N–H and O–H groups in total. The first-order chi connectivity index (χ1) is 6.79. The van der Waals surface area contributed by atoms with Gasteiger partial charge >= 0.3 is 0 Å². The first kappa shape index (κ1) is 13.2. The Bertz CT molecular complexity index is 216. The van der Waals surface area contributed by atoms with E-state index in [4.69, 9.17) is 0 Å². The molecule has 5 heteroatoms. The zero-order valence-corrected chi connectivity index (χ0v) is 9.73. The van der Waals surface area contributed by atoms with Crippen molar-refractivity contribution in [1.29, 1.82) is 0 Å². The lowest BCUT2D eigenvalue weighted by molar-refractivity contribution is -0.117. The van der Waals surface area contributed by atoms with E-state index < -0.39 is 0 Å². The maximum Gasteiger partial charge on any atom is 0.246 e. The van der Waals surface area contributed by atoms with Gasteiger partial charge in [-0.3, -0.25) is 14.8 Å².